The lowest BCUT2D eigenvalue weighted by Crippen LogP contribution is -1.87. The van der Waals surface area contributed by atoms with E-state index in [2.05, 4.69) is 24.2 Å². The predicted octanol–water partition coefficient (Wildman–Crippen LogP) is 3.52. The van der Waals surface area contributed by atoms with Crippen LogP contribution in [0.25, 0.3) is 22.9 Å². The number of aromatic nitrogens is 1. The van der Waals surface area contributed by atoms with Crippen LogP contribution in [-0.2, 0) is 0 Å². The average Bonchev–Trinajstić information content (AvgIpc) is 2.27. The van der Waals surface area contributed by atoms with Gasteiger partial charge in [0, 0.05) is 5.39 Å². The van der Waals surface area contributed by atoms with Gasteiger partial charge in [-0.3, -0.25) is 0 Å². The van der Waals surface area contributed by atoms with Gasteiger partial charge in [0.2, 0.25) is 0 Å². The van der Waals surface area contributed by atoms with E-state index in [4.69, 9.17) is 0 Å². The van der Waals surface area contributed by atoms with Crippen LogP contribution in [0.2, 0.25) is 0 Å². The van der Waals surface area contributed by atoms with Gasteiger partial charge in [0.1, 0.15) is 0 Å². The minimum Gasteiger partial charge on any atom is -0.248 e. The minimum absolute atomic E-state index is 0.888. The molecule has 2 aromatic rings. The standard InChI is InChI=1S/C13H11N/c1-3-11-9-10-7-5-6-8-12(10)13(4-2)14-11/h3-9H,1-2H2. The van der Waals surface area contributed by atoms with E-state index in [1.54, 1.807) is 12.2 Å². The summed E-state index contributed by atoms with van der Waals surface area (Å²) in [6.07, 6.45) is 3.52. The van der Waals surface area contributed by atoms with Gasteiger partial charge < -0.3 is 0 Å². The molecule has 0 amide bonds. The summed E-state index contributed by atoms with van der Waals surface area (Å²) in [4.78, 5) is 4.40. The maximum Gasteiger partial charge on any atom is 0.0709 e. The number of hydrogen-bond acceptors (Lipinski definition) is 1. The highest BCUT2D eigenvalue weighted by Crippen LogP contribution is 2.19. The lowest BCUT2D eigenvalue weighted by Gasteiger charge is -2.03. The Hall–Kier alpha value is -1.89. The zero-order valence-electron chi connectivity index (χ0n) is 7.90. The summed E-state index contributed by atoms with van der Waals surface area (Å²) in [6.45, 7) is 7.48. The van der Waals surface area contributed by atoms with Gasteiger partial charge in [0.05, 0.1) is 11.4 Å². The molecule has 0 radical (unpaired) electrons. The molecule has 0 N–H and O–H groups in total. The molecule has 0 saturated carbocycles. The number of nitrogens with zero attached hydrogens (tertiary/aromatic N) is 1. The summed E-state index contributed by atoms with van der Waals surface area (Å²) in [5.41, 5.74) is 1.80. The SMILES string of the molecule is C=Cc1cc2ccccc2c(C=C)n1. The van der Waals surface area contributed by atoms with Crippen LogP contribution < -0.4 is 0 Å². The van der Waals surface area contributed by atoms with E-state index in [1.165, 1.54) is 5.39 Å². The Morgan fingerprint density at radius 2 is 1.86 bits per heavy atom. The van der Waals surface area contributed by atoms with Crippen molar-refractivity contribution in [1.82, 2.24) is 4.98 Å². The van der Waals surface area contributed by atoms with Crippen molar-refractivity contribution >= 4 is 22.9 Å². The number of hydrogen-bond donors (Lipinski definition) is 0. The van der Waals surface area contributed by atoms with Gasteiger partial charge in [-0.2, -0.15) is 0 Å². The van der Waals surface area contributed by atoms with E-state index >= 15 is 0 Å². The van der Waals surface area contributed by atoms with Crippen molar-refractivity contribution < 1.29 is 0 Å². The van der Waals surface area contributed by atoms with Crippen molar-refractivity contribution in [2.45, 2.75) is 0 Å². The number of fused-ring (bicyclic) bond motifs is 1. The van der Waals surface area contributed by atoms with Crippen LogP contribution in [0.3, 0.4) is 0 Å². The lowest BCUT2D eigenvalue weighted by atomic mass is 10.1. The first-order valence-electron chi connectivity index (χ1n) is 4.50. The molecule has 68 valence electrons. The summed E-state index contributed by atoms with van der Waals surface area (Å²) < 4.78 is 0. The number of benzene rings is 1. The highest BCUT2D eigenvalue weighted by atomic mass is 14.7. The molecule has 0 spiro atoms. The van der Waals surface area contributed by atoms with Crippen LogP contribution in [0, 0.1) is 0 Å². The van der Waals surface area contributed by atoms with Gasteiger partial charge in [-0.05, 0) is 23.6 Å². The van der Waals surface area contributed by atoms with Crippen molar-refractivity contribution in [2.75, 3.05) is 0 Å². The van der Waals surface area contributed by atoms with Gasteiger partial charge >= 0.3 is 0 Å². The average molecular weight is 181 g/mol. The van der Waals surface area contributed by atoms with Crippen LogP contribution in [0.1, 0.15) is 11.4 Å². The zero-order chi connectivity index (χ0) is 9.97. The lowest BCUT2D eigenvalue weighted by molar-refractivity contribution is 1.30. The quantitative estimate of drug-likeness (QED) is 0.690. The normalized spacial score (nSPS) is 10.0. The fraction of sp³-hybridized carbons (Fsp3) is 0. The molecular weight excluding hydrogens is 170 g/mol. The van der Waals surface area contributed by atoms with Crippen LogP contribution in [-0.4, -0.2) is 4.98 Å². The molecule has 1 aromatic carbocycles. The Kier molecular flexibility index (Phi) is 2.15. The molecule has 1 aromatic heterocycles. The van der Waals surface area contributed by atoms with Gasteiger partial charge in [0.15, 0.2) is 0 Å². The smallest absolute Gasteiger partial charge is 0.0709 e. The fourth-order valence-corrected chi connectivity index (χ4v) is 1.51. The first kappa shape index (κ1) is 8.70. The fourth-order valence-electron chi connectivity index (χ4n) is 1.51. The van der Waals surface area contributed by atoms with E-state index in [9.17, 15) is 0 Å². The van der Waals surface area contributed by atoms with Gasteiger partial charge in [-0.25, -0.2) is 4.98 Å². The summed E-state index contributed by atoms with van der Waals surface area (Å²) in [7, 11) is 0. The molecule has 0 aliphatic rings. The first-order chi connectivity index (χ1) is 6.85. The monoisotopic (exact) mass is 181 g/mol. The third-order valence-corrected chi connectivity index (χ3v) is 2.19. The summed E-state index contributed by atoms with van der Waals surface area (Å²) in [5, 5.41) is 2.31. The molecule has 0 fully saturated rings. The van der Waals surface area contributed by atoms with Crippen molar-refractivity contribution in [3.8, 4) is 0 Å². The largest absolute Gasteiger partial charge is 0.248 e. The molecule has 2 rings (SSSR count). The molecule has 0 bridgehead atoms. The summed E-state index contributed by atoms with van der Waals surface area (Å²) >= 11 is 0. The molecule has 1 nitrogen and oxygen atoms in total. The van der Waals surface area contributed by atoms with Crippen LogP contribution in [0.5, 0.6) is 0 Å². The predicted molar refractivity (Wildman–Crippen MR) is 61.9 cm³/mol. The van der Waals surface area contributed by atoms with Gasteiger partial charge in [0.25, 0.3) is 0 Å². The number of pyridine rings is 1. The second-order valence-electron chi connectivity index (χ2n) is 3.06. The van der Waals surface area contributed by atoms with Crippen molar-refractivity contribution in [2.24, 2.45) is 0 Å². The molecule has 0 saturated heterocycles. The molecule has 0 atom stereocenters. The second-order valence-corrected chi connectivity index (χ2v) is 3.06. The zero-order valence-corrected chi connectivity index (χ0v) is 7.90. The minimum atomic E-state index is 0.888. The van der Waals surface area contributed by atoms with E-state index < -0.39 is 0 Å². The highest BCUT2D eigenvalue weighted by Gasteiger charge is 1.99. The highest BCUT2D eigenvalue weighted by molar-refractivity contribution is 5.89. The Morgan fingerprint density at radius 1 is 1.07 bits per heavy atom. The van der Waals surface area contributed by atoms with Gasteiger partial charge in [-0.15, -0.1) is 0 Å². The van der Waals surface area contributed by atoms with Crippen LogP contribution in [0.4, 0.5) is 0 Å². The Morgan fingerprint density at radius 3 is 2.57 bits per heavy atom. The maximum absolute atomic E-state index is 4.40. The first-order valence-corrected chi connectivity index (χ1v) is 4.50. The third-order valence-electron chi connectivity index (χ3n) is 2.19. The topological polar surface area (TPSA) is 12.9 Å². The molecular formula is C13H11N. The van der Waals surface area contributed by atoms with Crippen molar-refractivity contribution in [1.29, 1.82) is 0 Å². The van der Waals surface area contributed by atoms with Gasteiger partial charge in [-0.1, -0.05) is 37.4 Å². The molecule has 1 heterocycles. The summed E-state index contributed by atoms with van der Waals surface area (Å²) in [6, 6.07) is 10.2. The van der Waals surface area contributed by atoms with Crippen molar-refractivity contribution in [3.63, 3.8) is 0 Å². The molecule has 0 aliphatic heterocycles. The maximum atomic E-state index is 4.40. The number of rotatable bonds is 2. The molecule has 0 unspecified atom stereocenters. The Labute approximate surface area is 83.4 Å². The molecule has 14 heavy (non-hydrogen) atoms. The van der Waals surface area contributed by atoms with Crippen molar-refractivity contribution in [3.05, 3.63) is 54.9 Å². The second kappa shape index (κ2) is 3.46. The van der Waals surface area contributed by atoms with E-state index in [-0.39, 0.29) is 0 Å². The van der Waals surface area contributed by atoms with Crippen LogP contribution >= 0.6 is 0 Å². The molecule has 1 heteroatoms. The van der Waals surface area contributed by atoms with E-state index in [0.717, 1.165) is 16.8 Å². The third kappa shape index (κ3) is 1.33. The van der Waals surface area contributed by atoms with E-state index in [1.807, 2.05) is 24.3 Å². The van der Waals surface area contributed by atoms with E-state index in [0.29, 0.717) is 0 Å². The Bertz CT molecular complexity index is 498. The molecule has 0 aliphatic carbocycles. The summed E-state index contributed by atoms with van der Waals surface area (Å²) in [5.74, 6) is 0. The Balaban J connectivity index is 2.86. The van der Waals surface area contributed by atoms with Crippen LogP contribution in [0.15, 0.2) is 43.5 Å².